The van der Waals surface area contributed by atoms with Crippen LogP contribution < -0.4 is 5.32 Å². The van der Waals surface area contributed by atoms with Gasteiger partial charge in [-0.25, -0.2) is 0 Å². The molecule has 0 aromatic heterocycles. The summed E-state index contributed by atoms with van der Waals surface area (Å²) in [7, 11) is 0. The van der Waals surface area contributed by atoms with E-state index in [1.807, 2.05) is 48.5 Å². The molecule has 1 amide bonds. The topological polar surface area (TPSA) is 108 Å². The SMILES string of the molecule is CC1C(CN2CCCCC2)OC(c2ccc(CNC(=O)CCC(=O)O)cc2)OC1c1ccc(CO)cc1. The number of hydrogen-bond acceptors (Lipinski definition) is 6. The third kappa shape index (κ3) is 7.61. The molecule has 2 saturated heterocycles. The van der Waals surface area contributed by atoms with Crippen molar-refractivity contribution in [3.8, 4) is 0 Å². The van der Waals surface area contributed by atoms with Crippen molar-refractivity contribution in [2.75, 3.05) is 19.6 Å². The van der Waals surface area contributed by atoms with E-state index < -0.39 is 12.3 Å². The van der Waals surface area contributed by atoms with Crippen LogP contribution in [0.1, 0.15) is 73.7 Å². The average Bonchev–Trinajstić information content (AvgIpc) is 2.93. The molecular weight excluding hydrogens is 472 g/mol. The molecular formula is C29H38N2O6. The van der Waals surface area contributed by atoms with Gasteiger partial charge in [-0.05, 0) is 42.6 Å². The Morgan fingerprint density at radius 1 is 0.919 bits per heavy atom. The third-order valence-corrected chi connectivity index (χ3v) is 7.32. The maximum Gasteiger partial charge on any atom is 0.303 e. The van der Waals surface area contributed by atoms with Gasteiger partial charge in [0.05, 0.1) is 25.2 Å². The van der Waals surface area contributed by atoms with Crippen LogP contribution in [0.5, 0.6) is 0 Å². The Kier molecular flexibility index (Phi) is 9.68. The molecule has 0 bridgehead atoms. The largest absolute Gasteiger partial charge is 0.481 e. The van der Waals surface area contributed by atoms with Gasteiger partial charge in [-0.3, -0.25) is 9.59 Å². The normalized spacial score (nSPS) is 24.5. The second-order valence-electron chi connectivity index (χ2n) is 10.1. The minimum atomic E-state index is -0.984. The highest BCUT2D eigenvalue weighted by Crippen LogP contribution is 2.42. The lowest BCUT2D eigenvalue weighted by Gasteiger charge is -2.43. The second-order valence-corrected chi connectivity index (χ2v) is 10.1. The molecule has 2 aliphatic rings. The third-order valence-electron chi connectivity index (χ3n) is 7.32. The van der Waals surface area contributed by atoms with Crippen LogP contribution in [0.4, 0.5) is 0 Å². The maximum atomic E-state index is 11.8. The maximum absolute atomic E-state index is 11.8. The van der Waals surface area contributed by atoms with Gasteiger partial charge in [0.2, 0.25) is 5.91 Å². The fraction of sp³-hybridized carbons (Fsp3) is 0.517. The Bertz CT molecular complexity index is 1020. The van der Waals surface area contributed by atoms with Crippen molar-refractivity contribution in [3.05, 3.63) is 70.8 Å². The number of amides is 1. The molecule has 4 rings (SSSR count). The number of aliphatic carboxylic acids is 1. The van der Waals surface area contributed by atoms with Gasteiger partial charge >= 0.3 is 5.97 Å². The Morgan fingerprint density at radius 2 is 1.57 bits per heavy atom. The van der Waals surface area contributed by atoms with E-state index in [4.69, 9.17) is 14.6 Å². The number of carbonyl (C=O) groups is 2. The Morgan fingerprint density at radius 3 is 2.22 bits per heavy atom. The quantitative estimate of drug-likeness (QED) is 0.444. The highest BCUT2D eigenvalue weighted by Gasteiger charge is 2.39. The van der Waals surface area contributed by atoms with Crippen LogP contribution in [-0.4, -0.2) is 52.7 Å². The summed E-state index contributed by atoms with van der Waals surface area (Å²) >= 11 is 0. The molecule has 0 saturated carbocycles. The van der Waals surface area contributed by atoms with Crippen molar-refractivity contribution < 1.29 is 29.3 Å². The number of likely N-dealkylation sites (tertiary alicyclic amines) is 1. The molecule has 200 valence electrons. The highest BCUT2D eigenvalue weighted by atomic mass is 16.7. The molecule has 2 aromatic carbocycles. The molecule has 2 heterocycles. The summed E-state index contributed by atoms with van der Waals surface area (Å²) in [6.07, 6.45) is 2.86. The van der Waals surface area contributed by atoms with E-state index >= 15 is 0 Å². The fourth-order valence-electron chi connectivity index (χ4n) is 5.03. The van der Waals surface area contributed by atoms with Gasteiger partial charge in [-0.15, -0.1) is 0 Å². The summed E-state index contributed by atoms with van der Waals surface area (Å²) < 4.78 is 13.1. The van der Waals surface area contributed by atoms with Crippen LogP contribution >= 0.6 is 0 Å². The number of nitrogens with zero attached hydrogens (tertiary/aromatic N) is 1. The van der Waals surface area contributed by atoms with Gasteiger partial charge in [0.15, 0.2) is 6.29 Å². The number of carbonyl (C=O) groups excluding carboxylic acids is 1. The van der Waals surface area contributed by atoms with Gasteiger partial charge in [0.1, 0.15) is 0 Å². The Labute approximate surface area is 218 Å². The predicted molar refractivity (Wildman–Crippen MR) is 138 cm³/mol. The summed E-state index contributed by atoms with van der Waals surface area (Å²) in [5, 5.41) is 20.9. The van der Waals surface area contributed by atoms with Crippen molar-refractivity contribution in [1.29, 1.82) is 0 Å². The van der Waals surface area contributed by atoms with E-state index in [2.05, 4.69) is 17.1 Å². The zero-order valence-corrected chi connectivity index (χ0v) is 21.5. The van der Waals surface area contributed by atoms with Gasteiger partial charge in [0.25, 0.3) is 0 Å². The first-order chi connectivity index (χ1) is 17.9. The molecule has 8 nitrogen and oxygen atoms in total. The number of nitrogens with one attached hydrogen (secondary N) is 1. The van der Waals surface area contributed by atoms with E-state index in [1.165, 1.54) is 19.3 Å². The molecule has 37 heavy (non-hydrogen) atoms. The molecule has 0 aliphatic carbocycles. The molecule has 2 fully saturated rings. The summed E-state index contributed by atoms with van der Waals surface area (Å²) in [5.41, 5.74) is 3.77. The number of hydrogen-bond donors (Lipinski definition) is 3. The number of carboxylic acid groups (broad SMARTS) is 1. The predicted octanol–water partition coefficient (Wildman–Crippen LogP) is 3.94. The first-order valence-electron chi connectivity index (χ1n) is 13.2. The molecule has 2 aliphatic heterocycles. The molecule has 4 unspecified atom stereocenters. The first-order valence-corrected chi connectivity index (χ1v) is 13.2. The summed E-state index contributed by atoms with van der Waals surface area (Å²) in [6, 6.07) is 15.7. The van der Waals surface area contributed by atoms with Crippen LogP contribution in [0.15, 0.2) is 48.5 Å². The van der Waals surface area contributed by atoms with Gasteiger partial charge in [-0.2, -0.15) is 0 Å². The minimum absolute atomic E-state index is 0.00701. The van der Waals surface area contributed by atoms with Crippen molar-refractivity contribution in [2.24, 2.45) is 5.92 Å². The lowest BCUT2D eigenvalue weighted by molar-refractivity contribution is -0.276. The smallest absolute Gasteiger partial charge is 0.303 e. The van der Waals surface area contributed by atoms with Crippen molar-refractivity contribution in [3.63, 3.8) is 0 Å². The van der Waals surface area contributed by atoms with E-state index in [0.717, 1.165) is 41.9 Å². The number of carboxylic acids is 1. The van der Waals surface area contributed by atoms with Crippen LogP contribution in [-0.2, 0) is 32.2 Å². The summed E-state index contributed by atoms with van der Waals surface area (Å²) in [4.78, 5) is 25.0. The van der Waals surface area contributed by atoms with Crippen LogP contribution in [0, 0.1) is 5.92 Å². The number of piperidine rings is 1. The highest BCUT2D eigenvalue weighted by molar-refractivity contribution is 5.80. The number of ether oxygens (including phenoxy) is 2. The monoisotopic (exact) mass is 510 g/mol. The molecule has 8 heteroatoms. The van der Waals surface area contributed by atoms with Crippen molar-refractivity contribution >= 4 is 11.9 Å². The van der Waals surface area contributed by atoms with Crippen LogP contribution in [0.2, 0.25) is 0 Å². The summed E-state index contributed by atoms with van der Waals surface area (Å²) in [5.74, 6) is -1.11. The van der Waals surface area contributed by atoms with E-state index in [-0.39, 0.29) is 43.5 Å². The van der Waals surface area contributed by atoms with Crippen molar-refractivity contribution in [1.82, 2.24) is 10.2 Å². The standard InChI is InChI=1S/C29H38N2O6/c1-20-25(18-31-15-3-2-4-16-31)36-29(37-28(20)23-9-7-22(19-32)8-10-23)24-11-5-21(6-12-24)17-30-26(33)13-14-27(34)35/h5-12,20,25,28-29,32H,2-4,13-19H2,1H3,(H,30,33)(H,34,35). The molecule has 2 aromatic rings. The number of benzene rings is 2. The van der Waals surface area contributed by atoms with E-state index in [9.17, 15) is 14.7 Å². The summed E-state index contributed by atoms with van der Waals surface area (Å²) in [6.45, 7) is 5.59. The van der Waals surface area contributed by atoms with Gasteiger partial charge in [-0.1, -0.05) is 61.9 Å². The van der Waals surface area contributed by atoms with Gasteiger partial charge in [0, 0.05) is 31.0 Å². The lowest BCUT2D eigenvalue weighted by Crippen LogP contribution is -2.45. The minimum Gasteiger partial charge on any atom is -0.481 e. The average molecular weight is 511 g/mol. The molecule has 0 spiro atoms. The zero-order valence-electron chi connectivity index (χ0n) is 21.5. The fourth-order valence-corrected chi connectivity index (χ4v) is 5.03. The van der Waals surface area contributed by atoms with Gasteiger partial charge < -0.3 is 29.9 Å². The van der Waals surface area contributed by atoms with E-state index in [0.29, 0.717) is 6.54 Å². The Balaban J connectivity index is 1.46. The second kappa shape index (κ2) is 13.1. The lowest BCUT2D eigenvalue weighted by atomic mass is 9.89. The first kappa shape index (κ1) is 27.3. The van der Waals surface area contributed by atoms with Crippen LogP contribution in [0.3, 0.4) is 0 Å². The molecule has 0 radical (unpaired) electrons. The number of rotatable bonds is 10. The molecule has 4 atom stereocenters. The van der Waals surface area contributed by atoms with Crippen LogP contribution in [0.25, 0.3) is 0 Å². The van der Waals surface area contributed by atoms with Crippen molar-refractivity contribution in [2.45, 2.75) is 70.7 Å². The van der Waals surface area contributed by atoms with E-state index in [1.54, 1.807) is 0 Å². The number of aliphatic hydroxyl groups excluding tert-OH is 1. The molecule has 3 N–H and O–H groups in total. The zero-order chi connectivity index (χ0) is 26.2. The number of aliphatic hydroxyl groups is 1. The Hall–Kier alpha value is -2.78.